The highest BCUT2D eigenvalue weighted by molar-refractivity contribution is 6.31. The highest BCUT2D eigenvalue weighted by atomic mass is 35.5. The second-order valence-corrected chi connectivity index (χ2v) is 5.47. The minimum absolute atomic E-state index is 0.159. The van der Waals surface area contributed by atoms with E-state index >= 15 is 0 Å². The van der Waals surface area contributed by atoms with Crippen LogP contribution in [-0.4, -0.2) is 11.5 Å². The van der Waals surface area contributed by atoms with Crippen molar-refractivity contribution in [3.63, 3.8) is 0 Å². The minimum atomic E-state index is 0.159. The van der Waals surface area contributed by atoms with Crippen LogP contribution in [0.4, 0.5) is 0 Å². The molecular formula is C17H21ClN2. The van der Waals surface area contributed by atoms with E-state index in [1.54, 1.807) is 6.20 Å². The number of aromatic nitrogens is 1. The molecule has 0 amide bonds. The minimum Gasteiger partial charge on any atom is -0.308 e. The fraction of sp³-hybridized carbons (Fsp3) is 0.353. The fourth-order valence-corrected chi connectivity index (χ4v) is 2.45. The van der Waals surface area contributed by atoms with E-state index in [0.717, 1.165) is 30.1 Å². The van der Waals surface area contributed by atoms with Crippen LogP contribution in [0.15, 0.2) is 42.6 Å². The number of hydrogen-bond acceptors (Lipinski definition) is 2. The lowest BCUT2D eigenvalue weighted by molar-refractivity contribution is 0.518. The summed E-state index contributed by atoms with van der Waals surface area (Å²) < 4.78 is 0. The highest BCUT2D eigenvalue weighted by Crippen LogP contribution is 2.23. The van der Waals surface area contributed by atoms with Crippen molar-refractivity contribution < 1.29 is 0 Å². The fourth-order valence-electron chi connectivity index (χ4n) is 2.20. The van der Waals surface area contributed by atoms with Crippen LogP contribution < -0.4 is 5.32 Å². The molecule has 1 aromatic heterocycles. The maximum atomic E-state index is 6.29. The van der Waals surface area contributed by atoms with Gasteiger partial charge in [-0.3, -0.25) is 4.98 Å². The Labute approximate surface area is 126 Å². The van der Waals surface area contributed by atoms with E-state index in [1.165, 1.54) is 11.1 Å². The van der Waals surface area contributed by atoms with Crippen LogP contribution in [0.1, 0.15) is 36.2 Å². The molecule has 1 N–H and O–H groups in total. The lowest BCUT2D eigenvalue weighted by Crippen LogP contribution is -2.25. The van der Waals surface area contributed by atoms with Gasteiger partial charge in [0, 0.05) is 6.20 Å². The Bertz CT molecular complexity index is 537. The summed E-state index contributed by atoms with van der Waals surface area (Å²) in [5.41, 5.74) is 3.51. The van der Waals surface area contributed by atoms with Gasteiger partial charge in [0.25, 0.3) is 0 Å². The van der Waals surface area contributed by atoms with Gasteiger partial charge in [0.2, 0.25) is 0 Å². The smallest absolute Gasteiger partial charge is 0.0762 e. The summed E-state index contributed by atoms with van der Waals surface area (Å²) in [6.07, 6.45) is 3.79. The van der Waals surface area contributed by atoms with Crippen molar-refractivity contribution in [2.75, 3.05) is 6.54 Å². The average molecular weight is 289 g/mol. The van der Waals surface area contributed by atoms with Crippen molar-refractivity contribution in [1.29, 1.82) is 0 Å². The molecular weight excluding hydrogens is 268 g/mol. The molecule has 0 aliphatic rings. The van der Waals surface area contributed by atoms with Crippen molar-refractivity contribution in [3.8, 4) is 0 Å². The van der Waals surface area contributed by atoms with Gasteiger partial charge in [-0.15, -0.1) is 0 Å². The molecule has 1 atom stereocenters. The first-order chi connectivity index (χ1) is 9.70. The first kappa shape index (κ1) is 15.0. The number of benzene rings is 1. The number of hydrogen-bond donors (Lipinski definition) is 1. The molecule has 0 saturated heterocycles. The zero-order valence-corrected chi connectivity index (χ0v) is 12.8. The molecule has 0 aliphatic heterocycles. The van der Waals surface area contributed by atoms with Crippen molar-refractivity contribution in [1.82, 2.24) is 10.3 Å². The van der Waals surface area contributed by atoms with E-state index in [4.69, 9.17) is 11.6 Å². The number of aryl methyl sites for hydroxylation is 1. The molecule has 1 unspecified atom stereocenters. The lowest BCUT2D eigenvalue weighted by Gasteiger charge is -2.19. The highest BCUT2D eigenvalue weighted by Gasteiger charge is 2.15. The quantitative estimate of drug-likeness (QED) is 0.856. The number of nitrogens with zero attached hydrogens (tertiary/aromatic N) is 1. The molecule has 2 rings (SSSR count). The number of halogens is 1. The summed E-state index contributed by atoms with van der Waals surface area (Å²) in [6, 6.07) is 12.6. The molecule has 0 spiro atoms. The van der Waals surface area contributed by atoms with Gasteiger partial charge in [-0.1, -0.05) is 48.4 Å². The van der Waals surface area contributed by atoms with E-state index in [0.29, 0.717) is 0 Å². The zero-order valence-electron chi connectivity index (χ0n) is 12.1. The molecule has 0 bridgehead atoms. The Kier molecular flexibility index (Phi) is 5.57. The molecule has 1 aromatic carbocycles. The van der Waals surface area contributed by atoms with Crippen molar-refractivity contribution in [2.24, 2.45) is 0 Å². The number of nitrogens with one attached hydrogen (secondary N) is 1. The van der Waals surface area contributed by atoms with Crippen LogP contribution in [0, 0.1) is 6.92 Å². The van der Waals surface area contributed by atoms with Crippen LogP contribution in [0.5, 0.6) is 0 Å². The summed E-state index contributed by atoms with van der Waals surface area (Å²) >= 11 is 6.29. The lowest BCUT2D eigenvalue weighted by atomic mass is 10.0. The Morgan fingerprint density at radius 3 is 2.60 bits per heavy atom. The first-order valence-electron chi connectivity index (χ1n) is 7.10. The molecule has 0 saturated carbocycles. The van der Waals surface area contributed by atoms with Gasteiger partial charge in [0.1, 0.15) is 0 Å². The van der Waals surface area contributed by atoms with Crippen LogP contribution in [0.3, 0.4) is 0 Å². The van der Waals surface area contributed by atoms with Gasteiger partial charge in [-0.25, -0.2) is 0 Å². The monoisotopic (exact) mass is 288 g/mol. The molecule has 0 aliphatic carbocycles. The normalized spacial score (nSPS) is 12.3. The first-order valence-corrected chi connectivity index (χ1v) is 7.48. The molecule has 1 heterocycles. The van der Waals surface area contributed by atoms with Gasteiger partial charge >= 0.3 is 0 Å². The van der Waals surface area contributed by atoms with Gasteiger partial charge in [0.15, 0.2) is 0 Å². The van der Waals surface area contributed by atoms with E-state index in [-0.39, 0.29) is 6.04 Å². The van der Waals surface area contributed by atoms with Gasteiger partial charge in [-0.2, -0.15) is 0 Å². The summed E-state index contributed by atoms with van der Waals surface area (Å²) in [7, 11) is 0. The summed E-state index contributed by atoms with van der Waals surface area (Å²) in [5.74, 6) is 0. The van der Waals surface area contributed by atoms with Crippen LogP contribution in [0.25, 0.3) is 0 Å². The average Bonchev–Trinajstić information content (AvgIpc) is 2.46. The van der Waals surface area contributed by atoms with Crippen LogP contribution in [-0.2, 0) is 6.42 Å². The Morgan fingerprint density at radius 1 is 1.20 bits per heavy atom. The predicted octanol–water partition coefficient (Wildman–Crippen LogP) is 4.33. The third kappa shape index (κ3) is 4.06. The summed E-state index contributed by atoms with van der Waals surface area (Å²) in [5, 5.41) is 4.27. The van der Waals surface area contributed by atoms with Crippen molar-refractivity contribution in [2.45, 2.75) is 32.7 Å². The van der Waals surface area contributed by atoms with Gasteiger partial charge in [0.05, 0.1) is 16.8 Å². The van der Waals surface area contributed by atoms with Crippen molar-refractivity contribution >= 4 is 11.6 Å². The second-order valence-electron chi connectivity index (χ2n) is 5.07. The predicted molar refractivity (Wildman–Crippen MR) is 85.2 cm³/mol. The molecule has 20 heavy (non-hydrogen) atoms. The van der Waals surface area contributed by atoms with Crippen molar-refractivity contribution in [3.05, 3.63) is 64.4 Å². The summed E-state index contributed by atoms with van der Waals surface area (Å²) in [4.78, 5) is 4.45. The maximum absolute atomic E-state index is 6.29. The summed E-state index contributed by atoms with van der Waals surface area (Å²) in [6.45, 7) is 5.23. The molecule has 2 aromatic rings. The van der Waals surface area contributed by atoms with E-state index in [1.807, 2.05) is 12.1 Å². The van der Waals surface area contributed by atoms with Crippen LogP contribution >= 0.6 is 11.6 Å². The maximum Gasteiger partial charge on any atom is 0.0762 e. The SMILES string of the molecule is CCCNC(Cc1ccc(C)cc1)c1ncccc1Cl. The van der Waals surface area contributed by atoms with Gasteiger partial charge in [-0.05, 0) is 44.0 Å². The van der Waals surface area contributed by atoms with E-state index < -0.39 is 0 Å². The second kappa shape index (κ2) is 7.41. The largest absolute Gasteiger partial charge is 0.308 e. The number of pyridine rings is 1. The van der Waals surface area contributed by atoms with E-state index in [2.05, 4.69) is 48.4 Å². The third-order valence-corrected chi connectivity index (χ3v) is 3.64. The Balaban J connectivity index is 2.19. The van der Waals surface area contributed by atoms with Gasteiger partial charge < -0.3 is 5.32 Å². The molecule has 0 radical (unpaired) electrons. The van der Waals surface area contributed by atoms with E-state index in [9.17, 15) is 0 Å². The number of rotatable bonds is 6. The third-order valence-electron chi connectivity index (χ3n) is 3.32. The van der Waals surface area contributed by atoms with Crippen LogP contribution in [0.2, 0.25) is 5.02 Å². The molecule has 3 heteroatoms. The molecule has 2 nitrogen and oxygen atoms in total. The Hall–Kier alpha value is -1.38. The topological polar surface area (TPSA) is 24.9 Å². The molecule has 0 fully saturated rings. The standard InChI is InChI=1S/C17H21ClN2/c1-3-10-19-16(17-15(18)5-4-11-20-17)12-14-8-6-13(2)7-9-14/h4-9,11,16,19H,3,10,12H2,1-2H3. The zero-order chi connectivity index (χ0) is 14.4. The Morgan fingerprint density at radius 2 is 1.95 bits per heavy atom. The molecule has 106 valence electrons.